The molecule has 0 aliphatic heterocycles. The minimum atomic E-state index is -4.88. The van der Waals surface area contributed by atoms with Gasteiger partial charge in [0.2, 0.25) is 0 Å². The zero-order valence-electron chi connectivity index (χ0n) is 8.91. The van der Waals surface area contributed by atoms with Crippen LogP contribution >= 0.6 is 0 Å². The summed E-state index contributed by atoms with van der Waals surface area (Å²) in [5.41, 5.74) is 0.519. The molecule has 1 aromatic carbocycles. The van der Waals surface area contributed by atoms with Crippen molar-refractivity contribution in [1.29, 1.82) is 0 Å². The molecule has 0 saturated carbocycles. The minimum absolute atomic E-state index is 0. The summed E-state index contributed by atoms with van der Waals surface area (Å²) in [4.78, 5) is 0. The van der Waals surface area contributed by atoms with Crippen molar-refractivity contribution in [3.05, 3.63) is 36.5 Å². The standard InChI is InChI=1S/C9H7F4O.CH3.W/c1-5-3-6(2)8(7(10)4-5)14-9(11,12)13;;/h3H,1-2H3;1H3;/q2*-1;+2. The number of ether oxygens (including phenoxy) is 1. The molecule has 0 heterocycles. The summed E-state index contributed by atoms with van der Waals surface area (Å²) in [6.45, 7) is 2.87. The molecular formula is C10H10F4OW. The maximum atomic E-state index is 13.0. The van der Waals surface area contributed by atoms with Crippen LogP contribution in [0.1, 0.15) is 11.1 Å². The molecule has 0 bridgehead atoms. The van der Waals surface area contributed by atoms with Gasteiger partial charge in [0.25, 0.3) is 0 Å². The molecule has 1 rings (SSSR count). The number of hydrogen-bond donors (Lipinski definition) is 0. The van der Waals surface area contributed by atoms with Crippen LogP contribution in [0, 0.1) is 33.2 Å². The molecule has 16 heavy (non-hydrogen) atoms. The van der Waals surface area contributed by atoms with E-state index in [1.54, 1.807) is 0 Å². The summed E-state index contributed by atoms with van der Waals surface area (Å²) in [7, 11) is 0. The van der Waals surface area contributed by atoms with Gasteiger partial charge in [0.1, 0.15) is 0 Å². The molecular weight excluding hydrogens is 396 g/mol. The van der Waals surface area contributed by atoms with E-state index in [9.17, 15) is 17.6 Å². The summed E-state index contributed by atoms with van der Waals surface area (Å²) in [5.74, 6) is -1.94. The Labute approximate surface area is 106 Å². The normalized spacial score (nSPS) is 10.1. The molecule has 0 N–H and O–H groups in total. The topological polar surface area (TPSA) is 9.23 Å². The number of benzene rings is 1. The van der Waals surface area contributed by atoms with Crippen molar-refractivity contribution in [2.45, 2.75) is 20.2 Å². The van der Waals surface area contributed by atoms with Crippen molar-refractivity contribution in [3.63, 3.8) is 0 Å². The van der Waals surface area contributed by atoms with Gasteiger partial charge in [-0.3, -0.25) is 0 Å². The first-order chi connectivity index (χ1) is 6.29. The maximum absolute atomic E-state index is 13.0. The van der Waals surface area contributed by atoms with Gasteiger partial charge in [-0.2, -0.15) is 11.6 Å². The van der Waals surface area contributed by atoms with E-state index < -0.39 is 17.9 Å². The van der Waals surface area contributed by atoms with Gasteiger partial charge >= 0.3 is 27.4 Å². The van der Waals surface area contributed by atoms with Crippen molar-refractivity contribution < 1.29 is 43.4 Å². The van der Waals surface area contributed by atoms with Crippen molar-refractivity contribution in [1.82, 2.24) is 0 Å². The molecule has 1 nitrogen and oxygen atoms in total. The molecule has 90 valence electrons. The van der Waals surface area contributed by atoms with Crippen molar-refractivity contribution >= 4 is 0 Å². The molecule has 0 spiro atoms. The molecule has 0 saturated heterocycles. The summed E-state index contributed by atoms with van der Waals surface area (Å²) in [6.07, 6.45) is -4.88. The molecule has 0 aliphatic rings. The second-order valence-corrected chi connectivity index (χ2v) is 2.83. The smallest absolute Gasteiger partial charge is 0.467 e. The van der Waals surface area contributed by atoms with Crippen LogP contribution in [0.5, 0.6) is 5.75 Å². The maximum Gasteiger partial charge on any atom is 2.00 e. The fraction of sp³-hybridized carbons (Fsp3) is 0.300. The molecule has 0 unspecified atom stereocenters. The largest absolute Gasteiger partial charge is 2.00 e. The second-order valence-electron chi connectivity index (χ2n) is 2.83. The van der Waals surface area contributed by atoms with Crippen LogP contribution in [-0.2, 0) is 21.1 Å². The number of hydrogen-bond acceptors (Lipinski definition) is 1. The van der Waals surface area contributed by atoms with Crippen LogP contribution in [0.4, 0.5) is 17.6 Å². The quantitative estimate of drug-likeness (QED) is 0.512. The Balaban J connectivity index is 0. The Hall–Kier alpha value is -0.572. The fourth-order valence-corrected chi connectivity index (χ4v) is 1.07. The first kappa shape index (κ1) is 17.8. The number of alkyl halides is 3. The van der Waals surface area contributed by atoms with Crippen LogP contribution in [0.2, 0.25) is 0 Å². The summed E-state index contributed by atoms with van der Waals surface area (Å²) >= 11 is 0. The average Bonchev–Trinajstić information content (AvgIpc) is 1.95. The molecule has 0 amide bonds. The van der Waals surface area contributed by atoms with Crippen LogP contribution < -0.4 is 4.74 Å². The third-order valence-electron chi connectivity index (χ3n) is 1.52. The summed E-state index contributed by atoms with van der Waals surface area (Å²) in [6, 6.07) is 3.48. The number of rotatable bonds is 1. The van der Waals surface area contributed by atoms with Gasteiger partial charge in [-0.1, -0.05) is 13.8 Å². The average molecular weight is 406 g/mol. The van der Waals surface area contributed by atoms with E-state index in [-0.39, 0.29) is 34.1 Å². The van der Waals surface area contributed by atoms with Crippen LogP contribution in [0.3, 0.4) is 0 Å². The number of aryl methyl sites for hydroxylation is 2. The van der Waals surface area contributed by atoms with E-state index >= 15 is 0 Å². The van der Waals surface area contributed by atoms with E-state index in [0.717, 1.165) is 0 Å². The third-order valence-corrected chi connectivity index (χ3v) is 1.52. The SMILES string of the molecule is Cc1[c-]c(F)c(OC(F)(F)F)c(C)c1.[CH3-].[W+2]. The monoisotopic (exact) mass is 406 g/mol. The Bertz CT molecular complexity index is 326. The first-order valence-electron chi connectivity index (χ1n) is 3.74. The minimum Gasteiger partial charge on any atom is -0.467 e. The summed E-state index contributed by atoms with van der Waals surface area (Å²) < 4.78 is 51.9. The first-order valence-corrected chi connectivity index (χ1v) is 3.74. The van der Waals surface area contributed by atoms with Gasteiger partial charge < -0.3 is 12.2 Å². The Kier molecular flexibility index (Phi) is 6.94. The van der Waals surface area contributed by atoms with Crippen LogP contribution in [0.25, 0.3) is 0 Å². The zero-order valence-corrected chi connectivity index (χ0v) is 11.8. The van der Waals surface area contributed by atoms with E-state index in [1.807, 2.05) is 0 Å². The molecule has 0 radical (unpaired) electrons. The molecule has 0 aliphatic carbocycles. The van der Waals surface area contributed by atoms with Crippen molar-refractivity contribution in [2.75, 3.05) is 0 Å². The van der Waals surface area contributed by atoms with Crippen molar-refractivity contribution in [2.24, 2.45) is 0 Å². The number of halogens is 4. The van der Waals surface area contributed by atoms with Gasteiger partial charge in [-0.25, -0.2) is 4.39 Å². The molecule has 1 aromatic rings. The zero-order chi connectivity index (χ0) is 10.9. The van der Waals surface area contributed by atoms with Crippen LogP contribution in [-0.4, -0.2) is 6.36 Å². The van der Waals surface area contributed by atoms with E-state index in [0.29, 0.717) is 5.56 Å². The van der Waals surface area contributed by atoms with E-state index in [1.165, 1.54) is 19.9 Å². The predicted octanol–water partition coefficient (Wildman–Crippen LogP) is 3.59. The second kappa shape index (κ2) is 6.23. The van der Waals surface area contributed by atoms with E-state index in [2.05, 4.69) is 10.8 Å². The molecule has 6 heteroatoms. The fourth-order valence-electron chi connectivity index (χ4n) is 1.07. The third kappa shape index (κ3) is 4.97. The Morgan fingerprint density at radius 2 is 1.75 bits per heavy atom. The summed E-state index contributed by atoms with van der Waals surface area (Å²) in [5, 5.41) is 0. The molecule has 0 atom stereocenters. The molecule has 0 fully saturated rings. The van der Waals surface area contributed by atoms with Crippen LogP contribution in [0.15, 0.2) is 6.07 Å². The van der Waals surface area contributed by atoms with Gasteiger partial charge in [0.05, 0.1) is 11.6 Å². The van der Waals surface area contributed by atoms with Gasteiger partial charge in [0.15, 0.2) is 0 Å². The van der Waals surface area contributed by atoms with Crippen molar-refractivity contribution in [3.8, 4) is 5.75 Å². The Morgan fingerprint density at radius 3 is 2.12 bits per heavy atom. The van der Waals surface area contributed by atoms with Gasteiger partial charge in [0, 0.05) is 0 Å². The predicted molar refractivity (Wildman–Crippen MR) is 47.8 cm³/mol. The Morgan fingerprint density at radius 1 is 1.25 bits per heavy atom. The van der Waals surface area contributed by atoms with Gasteiger partial charge in [-0.05, 0) is 0 Å². The van der Waals surface area contributed by atoms with E-state index in [4.69, 9.17) is 0 Å². The molecule has 0 aromatic heterocycles. The van der Waals surface area contributed by atoms with Gasteiger partial charge in [-0.15, -0.1) is 24.8 Å².